The van der Waals surface area contributed by atoms with Crippen LogP contribution in [0.25, 0.3) is 0 Å². The van der Waals surface area contributed by atoms with Crippen molar-refractivity contribution in [2.45, 2.75) is 11.6 Å². The quantitative estimate of drug-likeness (QED) is 0.637. The molecule has 0 spiro atoms. The lowest BCUT2D eigenvalue weighted by molar-refractivity contribution is 0.102. The first-order valence-electron chi connectivity index (χ1n) is 7.93. The first kappa shape index (κ1) is 17.9. The molecule has 0 unspecified atom stereocenters. The molecule has 1 N–H and O–H groups in total. The second-order valence-corrected chi connectivity index (χ2v) is 6.26. The molecule has 0 fully saturated rings. The van der Waals surface area contributed by atoms with Gasteiger partial charge in [0.15, 0.2) is 0 Å². The Morgan fingerprint density at radius 3 is 2.81 bits per heavy atom. The summed E-state index contributed by atoms with van der Waals surface area (Å²) in [5, 5.41) is 3.55. The van der Waals surface area contributed by atoms with E-state index in [0.717, 1.165) is 5.56 Å². The monoisotopic (exact) mass is 368 g/mol. The van der Waals surface area contributed by atoms with E-state index >= 15 is 0 Å². The Labute approximate surface area is 155 Å². The number of rotatable bonds is 6. The highest BCUT2D eigenvalue weighted by atomic mass is 32.2. The Kier molecular flexibility index (Phi) is 5.86. The van der Waals surface area contributed by atoms with Crippen molar-refractivity contribution >= 4 is 23.4 Å². The fourth-order valence-electron chi connectivity index (χ4n) is 2.39. The minimum Gasteiger partial charge on any atom is -0.489 e. The summed E-state index contributed by atoms with van der Waals surface area (Å²) >= 11 is 1.42. The summed E-state index contributed by atoms with van der Waals surface area (Å²) < 4.78 is 18.8. The predicted molar refractivity (Wildman–Crippen MR) is 101 cm³/mol. The van der Waals surface area contributed by atoms with E-state index in [2.05, 4.69) is 10.3 Å². The van der Waals surface area contributed by atoms with Gasteiger partial charge >= 0.3 is 0 Å². The Bertz CT molecular complexity index is 918. The van der Waals surface area contributed by atoms with Gasteiger partial charge < -0.3 is 10.1 Å². The third kappa shape index (κ3) is 4.61. The number of carbonyl (C=O) groups is 1. The molecule has 0 atom stereocenters. The van der Waals surface area contributed by atoms with Crippen molar-refractivity contribution in [3.63, 3.8) is 0 Å². The van der Waals surface area contributed by atoms with Crippen LogP contribution in [-0.2, 0) is 6.61 Å². The maximum Gasteiger partial charge on any atom is 0.258 e. The molecule has 0 bridgehead atoms. The number of anilines is 1. The highest BCUT2D eigenvalue weighted by molar-refractivity contribution is 7.98. The molecule has 0 radical (unpaired) electrons. The van der Waals surface area contributed by atoms with Crippen molar-refractivity contribution in [2.75, 3.05) is 11.6 Å². The largest absolute Gasteiger partial charge is 0.489 e. The third-order valence-corrected chi connectivity index (χ3v) is 4.31. The summed E-state index contributed by atoms with van der Waals surface area (Å²) in [4.78, 5) is 16.7. The number of halogens is 1. The number of carbonyl (C=O) groups excluding carboxylic acids is 1. The van der Waals surface area contributed by atoms with Gasteiger partial charge in [-0.2, -0.15) is 0 Å². The van der Waals surface area contributed by atoms with E-state index in [4.69, 9.17) is 4.74 Å². The van der Waals surface area contributed by atoms with Gasteiger partial charge in [0.1, 0.15) is 23.2 Å². The number of nitrogens with one attached hydrogen (secondary N) is 1. The van der Waals surface area contributed by atoms with Crippen LogP contribution in [0.3, 0.4) is 0 Å². The zero-order valence-electron chi connectivity index (χ0n) is 14.1. The second kappa shape index (κ2) is 8.49. The van der Waals surface area contributed by atoms with Crippen LogP contribution in [0.4, 0.5) is 10.1 Å². The number of nitrogens with zero attached hydrogens (tertiary/aromatic N) is 1. The average Bonchev–Trinajstić information content (AvgIpc) is 2.66. The van der Waals surface area contributed by atoms with Crippen LogP contribution in [0.1, 0.15) is 15.9 Å². The van der Waals surface area contributed by atoms with Crippen LogP contribution in [0.2, 0.25) is 0 Å². The number of ether oxygens (including phenoxy) is 1. The van der Waals surface area contributed by atoms with Crippen molar-refractivity contribution in [1.82, 2.24) is 4.98 Å². The number of benzene rings is 2. The summed E-state index contributed by atoms with van der Waals surface area (Å²) in [6.07, 6.45) is 3.54. The number of hydrogen-bond donors (Lipinski definition) is 1. The molecule has 6 heteroatoms. The normalized spacial score (nSPS) is 10.4. The van der Waals surface area contributed by atoms with E-state index in [-0.39, 0.29) is 18.3 Å². The molecule has 4 nitrogen and oxygen atoms in total. The third-order valence-electron chi connectivity index (χ3n) is 3.60. The second-order valence-electron chi connectivity index (χ2n) is 5.46. The summed E-state index contributed by atoms with van der Waals surface area (Å²) in [6.45, 7) is 0.274. The van der Waals surface area contributed by atoms with Gasteiger partial charge in [0.25, 0.3) is 5.91 Å². The lowest BCUT2D eigenvalue weighted by Gasteiger charge is -2.10. The highest BCUT2D eigenvalue weighted by Gasteiger charge is 2.12. The average molecular weight is 368 g/mol. The van der Waals surface area contributed by atoms with Gasteiger partial charge in [0, 0.05) is 18.0 Å². The first-order chi connectivity index (χ1) is 12.7. The van der Waals surface area contributed by atoms with Gasteiger partial charge in [-0.25, -0.2) is 9.37 Å². The van der Waals surface area contributed by atoms with Gasteiger partial charge in [0.2, 0.25) is 0 Å². The van der Waals surface area contributed by atoms with E-state index < -0.39 is 0 Å². The number of aromatic nitrogens is 1. The minimum absolute atomic E-state index is 0.217. The van der Waals surface area contributed by atoms with Crippen LogP contribution >= 0.6 is 11.8 Å². The Morgan fingerprint density at radius 1 is 1.15 bits per heavy atom. The molecule has 132 valence electrons. The zero-order valence-corrected chi connectivity index (χ0v) is 14.9. The van der Waals surface area contributed by atoms with Crippen LogP contribution in [0.5, 0.6) is 5.75 Å². The zero-order chi connectivity index (χ0) is 18.4. The Hall–Kier alpha value is -2.86. The maximum atomic E-state index is 13.2. The SMILES string of the molecule is CSc1ncccc1C(=O)Nc1cccc(COc2cccc(F)c2)c1. The van der Waals surface area contributed by atoms with E-state index in [0.29, 0.717) is 22.0 Å². The van der Waals surface area contributed by atoms with Crippen LogP contribution in [0.15, 0.2) is 71.9 Å². The van der Waals surface area contributed by atoms with Crippen LogP contribution < -0.4 is 10.1 Å². The molecule has 3 aromatic rings. The fourth-order valence-corrected chi connectivity index (χ4v) is 2.93. The number of amides is 1. The van der Waals surface area contributed by atoms with Crippen molar-refractivity contribution in [3.05, 3.63) is 83.8 Å². The van der Waals surface area contributed by atoms with Crippen LogP contribution in [0, 0.1) is 5.82 Å². The number of hydrogen-bond acceptors (Lipinski definition) is 4. The predicted octanol–water partition coefficient (Wildman–Crippen LogP) is 4.77. The van der Waals surface area contributed by atoms with Crippen molar-refractivity contribution in [2.24, 2.45) is 0 Å². The molecular weight excluding hydrogens is 351 g/mol. The molecule has 0 aliphatic carbocycles. The molecule has 0 aliphatic heterocycles. The topological polar surface area (TPSA) is 51.2 Å². The highest BCUT2D eigenvalue weighted by Crippen LogP contribution is 2.20. The molecule has 0 saturated carbocycles. The lowest BCUT2D eigenvalue weighted by atomic mass is 10.2. The van der Waals surface area contributed by atoms with Gasteiger partial charge in [0.05, 0.1) is 5.56 Å². The van der Waals surface area contributed by atoms with Crippen molar-refractivity contribution in [3.8, 4) is 5.75 Å². The summed E-state index contributed by atoms with van der Waals surface area (Å²) in [5.41, 5.74) is 2.05. The fraction of sp³-hybridized carbons (Fsp3) is 0.100. The van der Waals surface area contributed by atoms with Crippen LogP contribution in [-0.4, -0.2) is 17.1 Å². The van der Waals surface area contributed by atoms with Gasteiger partial charge in [-0.15, -0.1) is 11.8 Å². The molecule has 1 heterocycles. The Morgan fingerprint density at radius 2 is 2.00 bits per heavy atom. The lowest BCUT2D eigenvalue weighted by Crippen LogP contribution is -2.13. The van der Waals surface area contributed by atoms with Gasteiger partial charge in [-0.1, -0.05) is 18.2 Å². The van der Waals surface area contributed by atoms with E-state index in [1.54, 1.807) is 36.5 Å². The molecule has 1 amide bonds. The maximum absolute atomic E-state index is 13.2. The Balaban J connectivity index is 1.68. The smallest absolute Gasteiger partial charge is 0.258 e. The molecule has 3 rings (SSSR count). The van der Waals surface area contributed by atoms with E-state index in [1.165, 1.54) is 23.9 Å². The van der Waals surface area contributed by atoms with Gasteiger partial charge in [-0.3, -0.25) is 4.79 Å². The first-order valence-corrected chi connectivity index (χ1v) is 9.16. The number of thioether (sulfide) groups is 1. The molecule has 2 aromatic carbocycles. The van der Waals surface area contributed by atoms with E-state index in [1.807, 2.05) is 24.5 Å². The molecule has 0 aliphatic rings. The van der Waals surface area contributed by atoms with Crippen molar-refractivity contribution in [1.29, 1.82) is 0 Å². The summed E-state index contributed by atoms with van der Waals surface area (Å²) in [7, 11) is 0. The molecular formula is C20H17FN2O2S. The molecule has 26 heavy (non-hydrogen) atoms. The summed E-state index contributed by atoms with van der Waals surface area (Å²) in [5.74, 6) is -0.102. The van der Waals surface area contributed by atoms with E-state index in [9.17, 15) is 9.18 Å². The standard InChI is InChI=1S/C20H17FN2O2S/c1-26-20-18(9-4-10-22-20)19(24)23-16-7-2-5-14(11-16)13-25-17-8-3-6-15(21)12-17/h2-12H,13H2,1H3,(H,23,24). The minimum atomic E-state index is -0.343. The summed E-state index contributed by atoms with van der Waals surface area (Å²) in [6, 6.07) is 16.8. The number of pyridine rings is 1. The van der Waals surface area contributed by atoms with Gasteiger partial charge in [-0.05, 0) is 48.2 Å². The van der Waals surface area contributed by atoms with Crippen molar-refractivity contribution < 1.29 is 13.9 Å². The molecule has 0 saturated heterocycles. The molecule has 1 aromatic heterocycles.